The summed E-state index contributed by atoms with van der Waals surface area (Å²) < 4.78 is 28.3. The highest BCUT2D eigenvalue weighted by molar-refractivity contribution is 5.21. The van der Waals surface area contributed by atoms with E-state index in [0.29, 0.717) is 18.5 Å². The second-order valence-corrected chi connectivity index (χ2v) is 4.40. The molecule has 19 heavy (non-hydrogen) atoms. The van der Waals surface area contributed by atoms with E-state index in [2.05, 4.69) is 15.4 Å². The summed E-state index contributed by atoms with van der Waals surface area (Å²) in [5.74, 6) is -0.891. The van der Waals surface area contributed by atoms with Gasteiger partial charge >= 0.3 is 0 Å². The number of benzene rings is 1. The number of nitrogens with zero attached hydrogens (tertiary/aromatic N) is 3. The minimum atomic E-state index is -0.822. The van der Waals surface area contributed by atoms with Crippen molar-refractivity contribution < 1.29 is 8.78 Å². The lowest BCUT2D eigenvalue weighted by atomic mass is 10.1. The smallest absolute Gasteiger partial charge is 0.163 e. The number of halogens is 2. The van der Waals surface area contributed by atoms with Gasteiger partial charge in [-0.2, -0.15) is 5.10 Å². The molecule has 0 aliphatic rings. The third-order valence-corrected chi connectivity index (χ3v) is 2.89. The standard InChI is InChI=1S/C13H16F2N4/c1-9(10-4-3-5-11(14)13(10)15)16-7-6-12-17-8-19(2)18-12/h3-5,8-9,16H,6-7H2,1-2H3. The molecule has 0 saturated heterocycles. The van der Waals surface area contributed by atoms with Crippen molar-refractivity contribution >= 4 is 0 Å². The summed E-state index contributed by atoms with van der Waals surface area (Å²) >= 11 is 0. The Morgan fingerprint density at radius 3 is 2.84 bits per heavy atom. The van der Waals surface area contributed by atoms with Crippen molar-refractivity contribution in [3.8, 4) is 0 Å². The molecule has 1 aromatic carbocycles. The van der Waals surface area contributed by atoms with Gasteiger partial charge in [0.1, 0.15) is 6.33 Å². The Balaban J connectivity index is 1.90. The van der Waals surface area contributed by atoms with Crippen molar-refractivity contribution in [3.63, 3.8) is 0 Å². The molecular formula is C13H16F2N4. The molecule has 0 amide bonds. The summed E-state index contributed by atoms with van der Waals surface area (Å²) in [4.78, 5) is 4.09. The first-order valence-electron chi connectivity index (χ1n) is 6.09. The van der Waals surface area contributed by atoms with Crippen LogP contribution in [0.5, 0.6) is 0 Å². The molecule has 2 aromatic rings. The van der Waals surface area contributed by atoms with Gasteiger partial charge in [0.05, 0.1) is 0 Å². The van der Waals surface area contributed by atoms with E-state index in [1.165, 1.54) is 6.07 Å². The minimum Gasteiger partial charge on any atom is -0.310 e. The van der Waals surface area contributed by atoms with Crippen molar-refractivity contribution in [2.75, 3.05) is 6.54 Å². The summed E-state index contributed by atoms with van der Waals surface area (Å²) in [6.07, 6.45) is 2.27. The maximum Gasteiger partial charge on any atom is 0.163 e. The lowest BCUT2D eigenvalue weighted by Crippen LogP contribution is -2.22. The lowest BCUT2D eigenvalue weighted by Gasteiger charge is -2.14. The minimum absolute atomic E-state index is 0.264. The second kappa shape index (κ2) is 5.88. The van der Waals surface area contributed by atoms with E-state index in [9.17, 15) is 8.78 Å². The largest absolute Gasteiger partial charge is 0.310 e. The Hall–Kier alpha value is -1.82. The molecule has 1 atom stereocenters. The van der Waals surface area contributed by atoms with Crippen LogP contribution in [0.15, 0.2) is 24.5 Å². The Labute approximate surface area is 110 Å². The highest BCUT2D eigenvalue weighted by atomic mass is 19.2. The summed E-state index contributed by atoms with van der Waals surface area (Å²) in [5, 5.41) is 7.27. The Bertz CT molecular complexity index is 553. The Morgan fingerprint density at radius 2 is 2.16 bits per heavy atom. The summed E-state index contributed by atoms with van der Waals surface area (Å²) in [6.45, 7) is 2.39. The predicted molar refractivity (Wildman–Crippen MR) is 67.5 cm³/mol. The molecule has 0 saturated carbocycles. The molecule has 0 fully saturated rings. The summed E-state index contributed by atoms with van der Waals surface area (Å²) in [7, 11) is 1.80. The van der Waals surface area contributed by atoms with Gasteiger partial charge in [0, 0.05) is 31.6 Å². The van der Waals surface area contributed by atoms with Crippen LogP contribution in [-0.4, -0.2) is 21.3 Å². The van der Waals surface area contributed by atoms with Crippen LogP contribution in [0.4, 0.5) is 8.78 Å². The first-order valence-corrected chi connectivity index (χ1v) is 6.09. The number of rotatable bonds is 5. The molecule has 0 spiro atoms. The van der Waals surface area contributed by atoms with Gasteiger partial charge in [0.2, 0.25) is 0 Å². The third kappa shape index (κ3) is 3.35. The normalized spacial score (nSPS) is 12.6. The van der Waals surface area contributed by atoms with Gasteiger partial charge in [-0.15, -0.1) is 0 Å². The van der Waals surface area contributed by atoms with Crippen LogP contribution in [-0.2, 0) is 13.5 Å². The van der Waals surface area contributed by atoms with Gasteiger partial charge in [0.15, 0.2) is 17.5 Å². The SMILES string of the molecule is CC(NCCc1ncn(C)n1)c1cccc(F)c1F. The summed E-state index contributed by atoms with van der Waals surface area (Å²) in [5.41, 5.74) is 0.328. The quantitative estimate of drug-likeness (QED) is 0.900. The maximum absolute atomic E-state index is 13.6. The fourth-order valence-electron chi connectivity index (χ4n) is 1.86. The zero-order valence-electron chi connectivity index (χ0n) is 10.9. The molecule has 0 aliphatic heterocycles. The monoisotopic (exact) mass is 266 g/mol. The van der Waals surface area contributed by atoms with E-state index in [-0.39, 0.29) is 6.04 Å². The highest BCUT2D eigenvalue weighted by Gasteiger charge is 2.13. The van der Waals surface area contributed by atoms with E-state index in [4.69, 9.17) is 0 Å². The van der Waals surface area contributed by atoms with Gasteiger partial charge in [-0.1, -0.05) is 12.1 Å². The van der Waals surface area contributed by atoms with Crippen LogP contribution < -0.4 is 5.32 Å². The van der Waals surface area contributed by atoms with Crippen LogP contribution in [0.3, 0.4) is 0 Å². The molecule has 0 bridgehead atoms. The molecule has 102 valence electrons. The van der Waals surface area contributed by atoms with Crippen molar-refractivity contribution in [3.05, 3.63) is 47.5 Å². The van der Waals surface area contributed by atoms with Crippen molar-refractivity contribution in [1.82, 2.24) is 20.1 Å². The van der Waals surface area contributed by atoms with Gasteiger partial charge < -0.3 is 5.32 Å². The molecule has 1 N–H and O–H groups in total. The van der Waals surface area contributed by atoms with Gasteiger partial charge in [-0.05, 0) is 13.0 Å². The topological polar surface area (TPSA) is 42.7 Å². The molecule has 1 aromatic heterocycles. The maximum atomic E-state index is 13.6. The number of hydrogen-bond donors (Lipinski definition) is 1. The highest BCUT2D eigenvalue weighted by Crippen LogP contribution is 2.18. The lowest BCUT2D eigenvalue weighted by molar-refractivity contribution is 0.473. The van der Waals surface area contributed by atoms with E-state index < -0.39 is 11.6 Å². The molecule has 0 radical (unpaired) electrons. The van der Waals surface area contributed by atoms with Crippen LogP contribution in [0, 0.1) is 11.6 Å². The predicted octanol–water partition coefficient (Wildman–Crippen LogP) is 1.99. The second-order valence-electron chi connectivity index (χ2n) is 4.40. The zero-order valence-corrected chi connectivity index (χ0v) is 10.9. The van der Waals surface area contributed by atoms with E-state index in [1.807, 2.05) is 0 Å². The number of hydrogen-bond acceptors (Lipinski definition) is 3. The van der Waals surface area contributed by atoms with Crippen LogP contribution in [0.2, 0.25) is 0 Å². The van der Waals surface area contributed by atoms with Crippen LogP contribution in [0.1, 0.15) is 24.4 Å². The van der Waals surface area contributed by atoms with Crippen molar-refractivity contribution in [2.24, 2.45) is 7.05 Å². The molecule has 0 aliphatic carbocycles. The fourth-order valence-corrected chi connectivity index (χ4v) is 1.86. The number of aryl methyl sites for hydroxylation is 1. The van der Waals surface area contributed by atoms with Gasteiger partial charge in [0.25, 0.3) is 0 Å². The van der Waals surface area contributed by atoms with Crippen molar-refractivity contribution in [2.45, 2.75) is 19.4 Å². The molecule has 2 rings (SSSR count). The Kier molecular flexibility index (Phi) is 4.21. The first-order chi connectivity index (χ1) is 9.08. The number of aromatic nitrogens is 3. The first kappa shape index (κ1) is 13.6. The Morgan fingerprint density at radius 1 is 1.37 bits per heavy atom. The molecular weight excluding hydrogens is 250 g/mol. The molecule has 1 heterocycles. The summed E-state index contributed by atoms with van der Waals surface area (Å²) in [6, 6.07) is 3.93. The van der Waals surface area contributed by atoms with E-state index in [0.717, 1.165) is 11.9 Å². The molecule has 4 nitrogen and oxygen atoms in total. The van der Waals surface area contributed by atoms with E-state index in [1.54, 1.807) is 31.0 Å². The third-order valence-electron chi connectivity index (χ3n) is 2.89. The van der Waals surface area contributed by atoms with Crippen LogP contribution in [0.25, 0.3) is 0 Å². The molecule has 6 heteroatoms. The average Bonchev–Trinajstić information content (AvgIpc) is 2.78. The van der Waals surface area contributed by atoms with E-state index >= 15 is 0 Å². The average molecular weight is 266 g/mol. The van der Waals surface area contributed by atoms with Gasteiger partial charge in [-0.25, -0.2) is 13.8 Å². The zero-order chi connectivity index (χ0) is 13.8. The van der Waals surface area contributed by atoms with Gasteiger partial charge in [-0.3, -0.25) is 4.68 Å². The van der Waals surface area contributed by atoms with Crippen LogP contribution >= 0.6 is 0 Å². The number of nitrogens with one attached hydrogen (secondary N) is 1. The fraction of sp³-hybridized carbons (Fsp3) is 0.385. The van der Waals surface area contributed by atoms with Crippen molar-refractivity contribution in [1.29, 1.82) is 0 Å². The molecule has 1 unspecified atom stereocenters.